The van der Waals surface area contributed by atoms with E-state index in [0.29, 0.717) is 5.56 Å². The molecule has 1 aliphatic heterocycles. The minimum atomic E-state index is -0.838. The van der Waals surface area contributed by atoms with Crippen LogP contribution in [0.5, 0.6) is 0 Å². The predicted octanol–water partition coefficient (Wildman–Crippen LogP) is 2.47. The number of aromatic carboxylic acids is 1. The highest BCUT2D eigenvalue weighted by molar-refractivity contribution is 5.94. The van der Waals surface area contributed by atoms with Gasteiger partial charge in [0.2, 0.25) is 0 Å². The molecule has 1 fully saturated rings. The van der Waals surface area contributed by atoms with E-state index in [1.807, 2.05) is 19.1 Å². The van der Waals surface area contributed by atoms with Crippen molar-refractivity contribution in [2.45, 2.75) is 19.8 Å². The molecule has 1 N–H and O–H groups in total. The van der Waals surface area contributed by atoms with Crippen molar-refractivity contribution in [3.8, 4) is 0 Å². The molecule has 1 aromatic carbocycles. The van der Waals surface area contributed by atoms with Crippen LogP contribution < -0.4 is 4.90 Å². The summed E-state index contributed by atoms with van der Waals surface area (Å²) in [5, 5.41) is 9.32. The van der Waals surface area contributed by atoms with Crippen LogP contribution in [0.2, 0.25) is 0 Å². The first kappa shape index (κ1) is 14.9. The molecule has 0 unspecified atom stereocenters. The van der Waals surface area contributed by atoms with Gasteiger partial charge in [-0.15, -0.1) is 0 Å². The predicted molar refractivity (Wildman–Crippen MR) is 81.6 cm³/mol. The zero-order valence-electron chi connectivity index (χ0n) is 12.6. The summed E-state index contributed by atoms with van der Waals surface area (Å²) in [6.45, 7) is 5.02. The second-order valence-corrected chi connectivity index (χ2v) is 6.02. The SMILES string of the molecule is Cc1ccc(C(=O)O)c(N2CCC(CN(C)C)CC2)c1. The lowest BCUT2D eigenvalue weighted by molar-refractivity contribution is 0.0697. The van der Waals surface area contributed by atoms with Crippen molar-refractivity contribution in [1.29, 1.82) is 0 Å². The van der Waals surface area contributed by atoms with Gasteiger partial charge in [-0.2, -0.15) is 0 Å². The Bertz CT molecular complexity index is 477. The zero-order chi connectivity index (χ0) is 14.7. The molecule has 20 heavy (non-hydrogen) atoms. The zero-order valence-corrected chi connectivity index (χ0v) is 12.6. The van der Waals surface area contributed by atoms with Crippen LogP contribution in [0.3, 0.4) is 0 Å². The van der Waals surface area contributed by atoms with E-state index in [-0.39, 0.29) is 0 Å². The molecule has 4 heteroatoms. The molecule has 1 heterocycles. The molecule has 0 saturated carbocycles. The minimum absolute atomic E-state index is 0.418. The Kier molecular flexibility index (Phi) is 4.65. The topological polar surface area (TPSA) is 43.8 Å². The van der Waals surface area contributed by atoms with Gasteiger partial charge in [0.15, 0.2) is 0 Å². The lowest BCUT2D eigenvalue weighted by Gasteiger charge is -2.35. The van der Waals surface area contributed by atoms with Crippen molar-refractivity contribution in [3.05, 3.63) is 29.3 Å². The van der Waals surface area contributed by atoms with Crippen molar-refractivity contribution < 1.29 is 9.90 Å². The van der Waals surface area contributed by atoms with Crippen molar-refractivity contribution in [1.82, 2.24) is 4.90 Å². The molecule has 110 valence electrons. The number of carboxylic acid groups (broad SMARTS) is 1. The highest BCUT2D eigenvalue weighted by Gasteiger charge is 2.23. The van der Waals surface area contributed by atoms with Gasteiger partial charge in [0, 0.05) is 19.6 Å². The lowest BCUT2D eigenvalue weighted by Crippen LogP contribution is -2.37. The average Bonchev–Trinajstić information content (AvgIpc) is 2.38. The van der Waals surface area contributed by atoms with E-state index in [0.717, 1.165) is 49.6 Å². The van der Waals surface area contributed by atoms with Gasteiger partial charge in [-0.25, -0.2) is 4.79 Å². The van der Waals surface area contributed by atoms with Crippen molar-refractivity contribution in [2.24, 2.45) is 5.92 Å². The summed E-state index contributed by atoms with van der Waals surface area (Å²) in [6, 6.07) is 5.58. The van der Waals surface area contributed by atoms with Crippen LogP contribution in [0.15, 0.2) is 18.2 Å². The number of piperidine rings is 1. The summed E-state index contributed by atoms with van der Waals surface area (Å²) in [5.74, 6) is -0.116. The fraction of sp³-hybridized carbons (Fsp3) is 0.562. The maximum atomic E-state index is 11.4. The van der Waals surface area contributed by atoms with Gasteiger partial charge in [-0.05, 0) is 57.5 Å². The number of hydrogen-bond acceptors (Lipinski definition) is 3. The summed E-state index contributed by atoms with van der Waals surface area (Å²) in [5.41, 5.74) is 2.41. The lowest BCUT2D eigenvalue weighted by atomic mass is 9.95. The number of benzene rings is 1. The molecule has 2 rings (SSSR count). The van der Waals surface area contributed by atoms with E-state index >= 15 is 0 Å². The molecule has 0 atom stereocenters. The van der Waals surface area contributed by atoms with Crippen LogP contribution in [-0.4, -0.2) is 49.7 Å². The molecule has 1 saturated heterocycles. The first-order valence-corrected chi connectivity index (χ1v) is 7.21. The van der Waals surface area contributed by atoms with E-state index in [1.165, 1.54) is 0 Å². The van der Waals surface area contributed by atoms with Gasteiger partial charge >= 0.3 is 5.97 Å². The number of hydrogen-bond donors (Lipinski definition) is 1. The van der Waals surface area contributed by atoms with Gasteiger partial charge in [0.25, 0.3) is 0 Å². The van der Waals surface area contributed by atoms with E-state index in [1.54, 1.807) is 6.07 Å². The van der Waals surface area contributed by atoms with Crippen LogP contribution in [0.25, 0.3) is 0 Å². The third kappa shape index (κ3) is 3.51. The molecule has 0 bridgehead atoms. The molecule has 4 nitrogen and oxygen atoms in total. The van der Waals surface area contributed by atoms with E-state index < -0.39 is 5.97 Å². The molecule has 0 radical (unpaired) electrons. The molecule has 0 aromatic heterocycles. The Balaban J connectivity index is 2.10. The van der Waals surface area contributed by atoms with Crippen LogP contribution in [0.1, 0.15) is 28.8 Å². The molecule has 1 aromatic rings. The van der Waals surface area contributed by atoms with Crippen LogP contribution in [0.4, 0.5) is 5.69 Å². The third-order valence-corrected chi connectivity index (χ3v) is 3.96. The fourth-order valence-electron chi connectivity index (χ4n) is 2.96. The van der Waals surface area contributed by atoms with Gasteiger partial charge < -0.3 is 14.9 Å². The Morgan fingerprint density at radius 2 is 2.00 bits per heavy atom. The van der Waals surface area contributed by atoms with Gasteiger partial charge in [0.1, 0.15) is 0 Å². The molecular formula is C16H24N2O2. The largest absolute Gasteiger partial charge is 0.478 e. The Morgan fingerprint density at radius 3 is 2.55 bits per heavy atom. The molecule has 1 aliphatic rings. The Morgan fingerprint density at radius 1 is 1.35 bits per heavy atom. The second kappa shape index (κ2) is 6.27. The third-order valence-electron chi connectivity index (χ3n) is 3.96. The number of nitrogens with zero attached hydrogens (tertiary/aromatic N) is 2. The number of carboxylic acids is 1. The van der Waals surface area contributed by atoms with Crippen molar-refractivity contribution in [2.75, 3.05) is 38.6 Å². The number of rotatable bonds is 4. The maximum absolute atomic E-state index is 11.4. The van der Waals surface area contributed by atoms with Crippen molar-refractivity contribution in [3.63, 3.8) is 0 Å². The van der Waals surface area contributed by atoms with Crippen LogP contribution in [0, 0.1) is 12.8 Å². The highest BCUT2D eigenvalue weighted by Crippen LogP contribution is 2.27. The molecule has 0 spiro atoms. The summed E-state index contributed by atoms with van der Waals surface area (Å²) >= 11 is 0. The Hall–Kier alpha value is -1.55. The molecule has 0 amide bonds. The molecule has 0 aliphatic carbocycles. The summed E-state index contributed by atoms with van der Waals surface area (Å²) in [6.07, 6.45) is 2.26. The van der Waals surface area contributed by atoms with E-state index in [9.17, 15) is 9.90 Å². The minimum Gasteiger partial charge on any atom is -0.478 e. The standard InChI is InChI=1S/C16H24N2O2/c1-12-4-5-14(16(19)20)15(10-12)18-8-6-13(7-9-18)11-17(2)3/h4-5,10,13H,6-9,11H2,1-3H3,(H,19,20). The number of anilines is 1. The van der Waals surface area contributed by atoms with E-state index in [4.69, 9.17) is 0 Å². The van der Waals surface area contributed by atoms with Crippen LogP contribution in [-0.2, 0) is 0 Å². The van der Waals surface area contributed by atoms with Crippen molar-refractivity contribution >= 4 is 11.7 Å². The monoisotopic (exact) mass is 276 g/mol. The van der Waals surface area contributed by atoms with Gasteiger partial charge in [0.05, 0.1) is 11.3 Å². The quantitative estimate of drug-likeness (QED) is 0.917. The van der Waals surface area contributed by atoms with Gasteiger partial charge in [-0.3, -0.25) is 0 Å². The van der Waals surface area contributed by atoms with Gasteiger partial charge in [-0.1, -0.05) is 6.07 Å². The second-order valence-electron chi connectivity index (χ2n) is 6.02. The average molecular weight is 276 g/mol. The highest BCUT2D eigenvalue weighted by atomic mass is 16.4. The fourth-order valence-corrected chi connectivity index (χ4v) is 2.96. The summed E-state index contributed by atoms with van der Waals surface area (Å²) in [4.78, 5) is 15.8. The summed E-state index contributed by atoms with van der Waals surface area (Å²) in [7, 11) is 4.21. The van der Waals surface area contributed by atoms with Crippen LogP contribution >= 0.6 is 0 Å². The van der Waals surface area contributed by atoms with E-state index in [2.05, 4.69) is 23.9 Å². The summed E-state index contributed by atoms with van der Waals surface area (Å²) < 4.78 is 0. The Labute approximate surface area is 121 Å². The first-order chi connectivity index (χ1) is 9.47. The first-order valence-electron chi connectivity index (χ1n) is 7.21. The normalized spacial score (nSPS) is 16.7. The molecular weight excluding hydrogens is 252 g/mol. The smallest absolute Gasteiger partial charge is 0.337 e. The maximum Gasteiger partial charge on any atom is 0.337 e. The number of carbonyl (C=O) groups is 1. The number of aryl methyl sites for hydroxylation is 1.